The SMILES string of the molecule is Nc1ccc(C(=O)Nc2ccc([N+](=O)[O-])cc2F)cc1. The third-order valence-electron chi connectivity index (χ3n) is 2.58. The maximum absolute atomic E-state index is 13.6. The maximum Gasteiger partial charge on any atom is 0.272 e. The van der Waals surface area contributed by atoms with Gasteiger partial charge in [-0.15, -0.1) is 0 Å². The summed E-state index contributed by atoms with van der Waals surface area (Å²) in [6, 6.07) is 9.08. The van der Waals surface area contributed by atoms with Gasteiger partial charge in [0.2, 0.25) is 0 Å². The Kier molecular flexibility index (Phi) is 3.60. The van der Waals surface area contributed by atoms with Crippen molar-refractivity contribution in [2.45, 2.75) is 0 Å². The summed E-state index contributed by atoms with van der Waals surface area (Å²) in [4.78, 5) is 21.6. The van der Waals surface area contributed by atoms with E-state index < -0.39 is 16.6 Å². The number of hydrogen-bond donors (Lipinski definition) is 2. The first-order chi connectivity index (χ1) is 9.47. The lowest BCUT2D eigenvalue weighted by atomic mass is 10.2. The summed E-state index contributed by atoms with van der Waals surface area (Å²) < 4.78 is 13.6. The molecule has 6 nitrogen and oxygen atoms in total. The van der Waals surface area contributed by atoms with E-state index in [4.69, 9.17) is 5.73 Å². The Morgan fingerprint density at radius 2 is 1.85 bits per heavy atom. The minimum absolute atomic E-state index is 0.127. The molecule has 2 aromatic rings. The number of anilines is 2. The van der Waals surface area contributed by atoms with E-state index in [0.717, 1.165) is 18.2 Å². The molecule has 7 heteroatoms. The fraction of sp³-hybridized carbons (Fsp3) is 0. The smallest absolute Gasteiger partial charge is 0.272 e. The minimum atomic E-state index is -0.872. The van der Waals surface area contributed by atoms with Gasteiger partial charge in [-0.1, -0.05) is 0 Å². The van der Waals surface area contributed by atoms with Crippen molar-refractivity contribution >= 4 is 23.0 Å². The lowest BCUT2D eigenvalue weighted by Crippen LogP contribution is -2.13. The van der Waals surface area contributed by atoms with E-state index in [1.807, 2.05) is 0 Å². The fourth-order valence-electron chi connectivity index (χ4n) is 1.55. The fourth-order valence-corrected chi connectivity index (χ4v) is 1.55. The van der Waals surface area contributed by atoms with Crippen molar-refractivity contribution in [3.05, 3.63) is 64.0 Å². The summed E-state index contributed by atoms with van der Waals surface area (Å²) >= 11 is 0. The summed E-state index contributed by atoms with van der Waals surface area (Å²) in [5.74, 6) is -1.40. The van der Waals surface area contributed by atoms with Crippen LogP contribution in [0, 0.1) is 15.9 Å². The number of nitrogens with two attached hydrogens (primary N) is 1. The van der Waals surface area contributed by atoms with Crippen molar-refractivity contribution in [2.75, 3.05) is 11.1 Å². The molecule has 0 aliphatic rings. The number of nitro benzene ring substituents is 1. The first kappa shape index (κ1) is 13.5. The molecule has 0 fully saturated rings. The van der Waals surface area contributed by atoms with Crippen molar-refractivity contribution in [3.8, 4) is 0 Å². The molecule has 20 heavy (non-hydrogen) atoms. The third kappa shape index (κ3) is 2.89. The molecule has 0 heterocycles. The summed E-state index contributed by atoms with van der Waals surface area (Å²) in [7, 11) is 0. The predicted molar refractivity (Wildman–Crippen MR) is 71.9 cm³/mol. The van der Waals surface area contributed by atoms with Gasteiger partial charge < -0.3 is 11.1 Å². The Balaban J connectivity index is 2.19. The Morgan fingerprint density at radius 1 is 1.20 bits per heavy atom. The summed E-state index contributed by atoms with van der Waals surface area (Å²) in [5, 5.41) is 12.8. The van der Waals surface area contributed by atoms with Crippen LogP contribution in [0.4, 0.5) is 21.5 Å². The number of carbonyl (C=O) groups excluding carboxylic acids is 1. The van der Waals surface area contributed by atoms with Gasteiger partial charge in [0.1, 0.15) is 0 Å². The molecular weight excluding hydrogens is 265 g/mol. The molecule has 0 aromatic heterocycles. The number of rotatable bonds is 3. The van der Waals surface area contributed by atoms with E-state index in [1.165, 1.54) is 12.1 Å². The van der Waals surface area contributed by atoms with Gasteiger partial charge in [-0.05, 0) is 30.3 Å². The molecular formula is C13H10FN3O3. The van der Waals surface area contributed by atoms with Crippen LogP contribution < -0.4 is 11.1 Å². The molecule has 0 bridgehead atoms. The molecule has 3 N–H and O–H groups in total. The molecule has 0 radical (unpaired) electrons. The van der Waals surface area contributed by atoms with Crippen molar-refractivity contribution < 1.29 is 14.1 Å². The van der Waals surface area contributed by atoms with E-state index in [9.17, 15) is 19.3 Å². The maximum atomic E-state index is 13.6. The van der Waals surface area contributed by atoms with Gasteiger partial charge in [0.05, 0.1) is 16.7 Å². The first-order valence-electron chi connectivity index (χ1n) is 5.58. The van der Waals surface area contributed by atoms with E-state index >= 15 is 0 Å². The Bertz CT molecular complexity index is 671. The van der Waals surface area contributed by atoms with Gasteiger partial charge in [0.25, 0.3) is 11.6 Å². The van der Waals surface area contributed by atoms with Crippen molar-refractivity contribution in [3.63, 3.8) is 0 Å². The van der Waals surface area contributed by atoms with Crippen LogP contribution in [0.2, 0.25) is 0 Å². The number of nitrogens with zero attached hydrogens (tertiary/aromatic N) is 1. The summed E-state index contributed by atoms with van der Waals surface area (Å²) in [5.41, 5.74) is 5.79. The number of nitrogens with one attached hydrogen (secondary N) is 1. The zero-order valence-electron chi connectivity index (χ0n) is 10.2. The zero-order valence-corrected chi connectivity index (χ0v) is 10.2. The van der Waals surface area contributed by atoms with Crippen LogP contribution in [0.5, 0.6) is 0 Å². The molecule has 2 aromatic carbocycles. The molecule has 0 atom stereocenters. The van der Waals surface area contributed by atoms with Gasteiger partial charge in [0.15, 0.2) is 5.82 Å². The van der Waals surface area contributed by atoms with E-state index in [2.05, 4.69) is 5.32 Å². The van der Waals surface area contributed by atoms with Gasteiger partial charge in [-0.3, -0.25) is 14.9 Å². The van der Waals surface area contributed by atoms with Crippen molar-refractivity contribution in [1.82, 2.24) is 0 Å². The molecule has 2 rings (SSSR count). The number of amides is 1. The highest BCUT2D eigenvalue weighted by atomic mass is 19.1. The van der Waals surface area contributed by atoms with Crippen LogP contribution in [-0.4, -0.2) is 10.8 Å². The molecule has 0 saturated carbocycles. The molecule has 0 aliphatic carbocycles. The Morgan fingerprint density at radius 3 is 2.40 bits per heavy atom. The second-order valence-corrected chi connectivity index (χ2v) is 4.00. The normalized spacial score (nSPS) is 10.1. The highest BCUT2D eigenvalue weighted by Crippen LogP contribution is 2.21. The largest absolute Gasteiger partial charge is 0.399 e. The van der Waals surface area contributed by atoms with Crippen LogP contribution >= 0.6 is 0 Å². The van der Waals surface area contributed by atoms with Crippen LogP contribution in [-0.2, 0) is 0 Å². The molecule has 1 amide bonds. The van der Waals surface area contributed by atoms with Crippen molar-refractivity contribution in [2.24, 2.45) is 0 Å². The second-order valence-electron chi connectivity index (χ2n) is 4.00. The van der Waals surface area contributed by atoms with Gasteiger partial charge in [0, 0.05) is 17.3 Å². The highest BCUT2D eigenvalue weighted by Gasteiger charge is 2.13. The molecule has 102 valence electrons. The summed E-state index contributed by atoms with van der Waals surface area (Å²) in [6.45, 7) is 0. The Labute approximate surface area is 113 Å². The molecule has 0 unspecified atom stereocenters. The quantitative estimate of drug-likeness (QED) is 0.511. The van der Waals surface area contributed by atoms with Crippen LogP contribution in [0.15, 0.2) is 42.5 Å². The number of nitrogen functional groups attached to an aromatic ring is 1. The number of hydrogen-bond acceptors (Lipinski definition) is 4. The standard InChI is InChI=1S/C13H10FN3O3/c14-11-7-10(17(19)20)5-6-12(11)16-13(18)8-1-3-9(15)4-2-8/h1-7H,15H2,(H,16,18). The number of halogens is 1. The van der Waals surface area contributed by atoms with Gasteiger partial charge in [-0.25, -0.2) is 4.39 Å². The zero-order chi connectivity index (χ0) is 14.7. The van der Waals surface area contributed by atoms with Gasteiger partial charge in [-0.2, -0.15) is 0 Å². The lowest BCUT2D eigenvalue weighted by Gasteiger charge is -2.06. The third-order valence-corrected chi connectivity index (χ3v) is 2.58. The molecule has 0 aliphatic heterocycles. The average Bonchev–Trinajstić information content (AvgIpc) is 2.41. The van der Waals surface area contributed by atoms with Crippen molar-refractivity contribution in [1.29, 1.82) is 0 Å². The van der Waals surface area contributed by atoms with E-state index in [-0.39, 0.29) is 11.4 Å². The van der Waals surface area contributed by atoms with E-state index in [1.54, 1.807) is 12.1 Å². The Hall–Kier alpha value is -2.96. The minimum Gasteiger partial charge on any atom is -0.399 e. The summed E-state index contributed by atoms with van der Waals surface area (Å²) in [6.07, 6.45) is 0. The van der Waals surface area contributed by atoms with Crippen LogP contribution in [0.25, 0.3) is 0 Å². The molecule has 0 spiro atoms. The number of carbonyl (C=O) groups is 1. The number of non-ortho nitro benzene ring substituents is 1. The second kappa shape index (κ2) is 5.35. The number of nitro groups is 1. The monoisotopic (exact) mass is 275 g/mol. The molecule has 0 saturated heterocycles. The van der Waals surface area contributed by atoms with Gasteiger partial charge >= 0.3 is 0 Å². The van der Waals surface area contributed by atoms with Crippen LogP contribution in [0.1, 0.15) is 10.4 Å². The topological polar surface area (TPSA) is 98.3 Å². The number of benzene rings is 2. The average molecular weight is 275 g/mol. The first-order valence-corrected chi connectivity index (χ1v) is 5.58. The van der Waals surface area contributed by atoms with E-state index in [0.29, 0.717) is 11.3 Å². The highest BCUT2D eigenvalue weighted by molar-refractivity contribution is 6.04. The lowest BCUT2D eigenvalue weighted by molar-refractivity contribution is -0.385. The predicted octanol–water partition coefficient (Wildman–Crippen LogP) is 2.57. The van der Waals surface area contributed by atoms with Crippen LogP contribution in [0.3, 0.4) is 0 Å².